The molecule has 1 fully saturated rings. The molecule has 0 aliphatic heterocycles. The molecule has 4 heteroatoms. The molecule has 3 N–H and O–H groups in total. The van der Waals surface area contributed by atoms with Crippen LogP contribution in [-0.2, 0) is 6.54 Å². The van der Waals surface area contributed by atoms with Gasteiger partial charge in [0.05, 0.1) is 6.54 Å². The Balaban J connectivity index is 1.86. The van der Waals surface area contributed by atoms with Gasteiger partial charge in [0.15, 0.2) is 5.96 Å². The van der Waals surface area contributed by atoms with E-state index in [1.807, 2.05) is 6.07 Å². The SMILES string of the molecule is NC(=NCc1ccccc1F)NC1CCCCCC1. The second-order valence-corrected chi connectivity index (χ2v) is 5.13. The monoisotopic (exact) mass is 263 g/mol. The van der Waals surface area contributed by atoms with Crippen molar-refractivity contribution in [2.45, 2.75) is 51.1 Å². The Kier molecular flexibility index (Phi) is 5.19. The molecule has 1 aromatic carbocycles. The Labute approximate surface area is 114 Å². The Morgan fingerprint density at radius 1 is 1.21 bits per heavy atom. The standard InChI is InChI=1S/C15H22FN3/c16-14-10-6-5-7-12(14)11-18-15(17)19-13-8-3-1-2-4-9-13/h5-7,10,13H,1-4,8-9,11H2,(H3,17,18,19). The first kappa shape index (κ1) is 13.8. The van der Waals surface area contributed by atoms with E-state index in [4.69, 9.17) is 5.73 Å². The van der Waals surface area contributed by atoms with E-state index < -0.39 is 0 Å². The summed E-state index contributed by atoms with van der Waals surface area (Å²) in [6, 6.07) is 7.09. The van der Waals surface area contributed by atoms with Gasteiger partial charge in [0.2, 0.25) is 0 Å². The molecule has 0 atom stereocenters. The lowest BCUT2D eigenvalue weighted by Crippen LogP contribution is -2.39. The maximum absolute atomic E-state index is 13.4. The van der Waals surface area contributed by atoms with Gasteiger partial charge in [-0.2, -0.15) is 0 Å². The molecule has 0 spiro atoms. The van der Waals surface area contributed by atoms with Gasteiger partial charge in [-0.15, -0.1) is 0 Å². The Bertz CT molecular complexity index is 423. The topological polar surface area (TPSA) is 50.4 Å². The van der Waals surface area contributed by atoms with Crippen molar-refractivity contribution in [3.05, 3.63) is 35.6 Å². The summed E-state index contributed by atoms with van der Waals surface area (Å²) in [5, 5.41) is 3.25. The highest BCUT2D eigenvalue weighted by Crippen LogP contribution is 2.17. The molecule has 104 valence electrons. The minimum atomic E-state index is -0.228. The predicted octanol–water partition coefficient (Wildman–Crippen LogP) is 2.95. The fourth-order valence-corrected chi connectivity index (χ4v) is 2.48. The third kappa shape index (κ3) is 4.54. The fourth-order valence-electron chi connectivity index (χ4n) is 2.48. The average Bonchev–Trinajstić information content (AvgIpc) is 2.66. The van der Waals surface area contributed by atoms with Gasteiger partial charge in [-0.1, -0.05) is 43.9 Å². The zero-order chi connectivity index (χ0) is 13.5. The molecule has 1 saturated carbocycles. The highest BCUT2D eigenvalue weighted by Gasteiger charge is 2.12. The molecular formula is C15H22FN3. The van der Waals surface area contributed by atoms with Crippen molar-refractivity contribution in [1.82, 2.24) is 5.32 Å². The number of nitrogens with one attached hydrogen (secondary N) is 1. The molecule has 0 heterocycles. The molecule has 0 radical (unpaired) electrons. The molecule has 3 nitrogen and oxygen atoms in total. The van der Waals surface area contributed by atoms with Gasteiger partial charge in [-0.3, -0.25) is 0 Å². The van der Waals surface area contributed by atoms with Crippen LogP contribution in [0.25, 0.3) is 0 Å². The summed E-state index contributed by atoms with van der Waals surface area (Å²) in [6.07, 6.45) is 7.41. The Hall–Kier alpha value is -1.58. The minimum absolute atomic E-state index is 0.228. The van der Waals surface area contributed by atoms with E-state index in [9.17, 15) is 4.39 Å². The summed E-state index contributed by atoms with van der Waals surface area (Å²) in [5.41, 5.74) is 6.45. The van der Waals surface area contributed by atoms with Crippen LogP contribution in [0, 0.1) is 5.82 Å². The summed E-state index contributed by atoms with van der Waals surface area (Å²) in [4.78, 5) is 4.22. The van der Waals surface area contributed by atoms with Gasteiger partial charge in [0.1, 0.15) is 5.82 Å². The summed E-state index contributed by atoms with van der Waals surface area (Å²) >= 11 is 0. The third-order valence-corrected chi connectivity index (χ3v) is 3.58. The number of hydrogen-bond donors (Lipinski definition) is 2. The van der Waals surface area contributed by atoms with Gasteiger partial charge in [0.25, 0.3) is 0 Å². The number of halogens is 1. The second-order valence-electron chi connectivity index (χ2n) is 5.13. The van der Waals surface area contributed by atoms with Crippen LogP contribution >= 0.6 is 0 Å². The molecule has 0 bridgehead atoms. The van der Waals surface area contributed by atoms with Crippen molar-refractivity contribution in [2.75, 3.05) is 0 Å². The number of rotatable bonds is 3. The number of nitrogens with zero attached hydrogens (tertiary/aromatic N) is 1. The summed E-state index contributed by atoms with van der Waals surface area (Å²) in [5.74, 6) is 0.198. The molecule has 0 saturated heterocycles. The normalized spacial score (nSPS) is 18.1. The predicted molar refractivity (Wildman–Crippen MR) is 76.4 cm³/mol. The fraction of sp³-hybridized carbons (Fsp3) is 0.533. The maximum Gasteiger partial charge on any atom is 0.189 e. The van der Waals surface area contributed by atoms with Crippen molar-refractivity contribution < 1.29 is 4.39 Å². The minimum Gasteiger partial charge on any atom is -0.370 e. The van der Waals surface area contributed by atoms with Crippen LogP contribution < -0.4 is 11.1 Å². The van der Waals surface area contributed by atoms with E-state index in [2.05, 4.69) is 10.3 Å². The van der Waals surface area contributed by atoms with Crippen LogP contribution in [0.3, 0.4) is 0 Å². The van der Waals surface area contributed by atoms with Crippen molar-refractivity contribution in [3.63, 3.8) is 0 Å². The molecular weight excluding hydrogens is 241 g/mol. The Morgan fingerprint density at radius 2 is 1.89 bits per heavy atom. The van der Waals surface area contributed by atoms with E-state index in [0.717, 1.165) is 12.8 Å². The van der Waals surface area contributed by atoms with E-state index >= 15 is 0 Å². The van der Waals surface area contributed by atoms with Gasteiger partial charge >= 0.3 is 0 Å². The van der Waals surface area contributed by atoms with Crippen LogP contribution in [0.5, 0.6) is 0 Å². The number of hydrogen-bond acceptors (Lipinski definition) is 1. The first-order chi connectivity index (χ1) is 9.25. The van der Waals surface area contributed by atoms with Crippen molar-refractivity contribution in [2.24, 2.45) is 10.7 Å². The van der Waals surface area contributed by atoms with Crippen LogP contribution in [0.1, 0.15) is 44.1 Å². The maximum atomic E-state index is 13.4. The molecule has 0 unspecified atom stereocenters. The molecule has 2 rings (SSSR count). The summed E-state index contributed by atoms with van der Waals surface area (Å²) < 4.78 is 13.4. The van der Waals surface area contributed by atoms with Crippen LogP contribution in [-0.4, -0.2) is 12.0 Å². The Morgan fingerprint density at radius 3 is 2.58 bits per heavy atom. The van der Waals surface area contributed by atoms with E-state index in [1.165, 1.54) is 31.7 Å². The van der Waals surface area contributed by atoms with E-state index in [1.54, 1.807) is 12.1 Å². The zero-order valence-electron chi connectivity index (χ0n) is 11.2. The lowest BCUT2D eigenvalue weighted by atomic mass is 10.1. The zero-order valence-corrected chi connectivity index (χ0v) is 11.2. The van der Waals surface area contributed by atoms with Crippen molar-refractivity contribution in [1.29, 1.82) is 0 Å². The van der Waals surface area contributed by atoms with Crippen molar-refractivity contribution >= 4 is 5.96 Å². The molecule has 19 heavy (non-hydrogen) atoms. The highest BCUT2D eigenvalue weighted by molar-refractivity contribution is 5.78. The summed E-state index contributed by atoms with van der Waals surface area (Å²) in [7, 11) is 0. The lowest BCUT2D eigenvalue weighted by molar-refractivity contribution is 0.530. The summed E-state index contributed by atoms with van der Waals surface area (Å²) in [6.45, 7) is 0.290. The van der Waals surface area contributed by atoms with Crippen molar-refractivity contribution in [3.8, 4) is 0 Å². The molecule has 1 aromatic rings. The second kappa shape index (κ2) is 7.12. The van der Waals surface area contributed by atoms with Gasteiger partial charge < -0.3 is 11.1 Å². The number of nitrogens with two attached hydrogens (primary N) is 1. The van der Waals surface area contributed by atoms with E-state index in [-0.39, 0.29) is 12.4 Å². The van der Waals surface area contributed by atoms with Gasteiger partial charge in [0, 0.05) is 11.6 Å². The molecule has 1 aliphatic carbocycles. The highest BCUT2D eigenvalue weighted by atomic mass is 19.1. The molecule has 0 amide bonds. The lowest BCUT2D eigenvalue weighted by Gasteiger charge is -2.16. The number of benzene rings is 1. The smallest absolute Gasteiger partial charge is 0.189 e. The van der Waals surface area contributed by atoms with Gasteiger partial charge in [-0.25, -0.2) is 9.38 Å². The average molecular weight is 263 g/mol. The third-order valence-electron chi connectivity index (χ3n) is 3.58. The number of aliphatic imine (C=N–C) groups is 1. The van der Waals surface area contributed by atoms with Gasteiger partial charge in [-0.05, 0) is 18.9 Å². The van der Waals surface area contributed by atoms with Crippen LogP contribution in [0.2, 0.25) is 0 Å². The largest absolute Gasteiger partial charge is 0.370 e. The molecule has 0 aromatic heterocycles. The molecule has 1 aliphatic rings. The first-order valence-electron chi connectivity index (χ1n) is 7.05. The first-order valence-corrected chi connectivity index (χ1v) is 7.05. The van der Waals surface area contributed by atoms with E-state index in [0.29, 0.717) is 17.6 Å². The quantitative estimate of drug-likeness (QED) is 0.500. The van der Waals surface area contributed by atoms with Crippen LogP contribution in [0.4, 0.5) is 4.39 Å². The van der Waals surface area contributed by atoms with Crippen LogP contribution in [0.15, 0.2) is 29.3 Å². The number of guanidine groups is 1.